The van der Waals surface area contributed by atoms with Gasteiger partial charge in [0.25, 0.3) is 5.91 Å². The first-order valence-corrected chi connectivity index (χ1v) is 8.13. The standard InChI is InChI=1S/C20H11F4N3O/c21-11-5-7-12(16(24)9-11)10-4-6-13-17(8-10)26-27-19(13)25-20(28)18-14(22)2-1-3-15(18)23/h1-9H,(H2,25,26,27,28). The highest BCUT2D eigenvalue weighted by Crippen LogP contribution is 2.29. The monoisotopic (exact) mass is 385 g/mol. The fourth-order valence-corrected chi connectivity index (χ4v) is 2.89. The molecule has 4 aromatic rings. The molecule has 0 aliphatic rings. The van der Waals surface area contributed by atoms with Gasteiger partial charge in [-0.1, -0.05) is 12.1 Å². The number of H-pyrrole nitrogens is 1. The van der Waals surface area contributed by atoms with Crippen molar-refractivity contribution < 1.29 is 22.4 Å². The zero-order valence-electron chi connectivity index (χ0n) is 14.1. The van der Waals surface area contributed by atoms with Gasteiger partial charge in [0.2, 0.25) is 0 Å². The minimum absolute atomic E-state index is 0.0637. The Morgan fingerprint density at radius 1 is 0.893 bits per heavy atom. The molecule has 1 aromatic heterocycles. The number of hydrogen-bond acceptors (Lipinski definition) is 2. The number of aromatic nitrogens is 2. The average molecular weight is 385 g/mol. The quantitative estimate of drug-likeness (QED) is 0.486. The number of halogens is 4. The van der Waals surface area contributed by atoms with Crippen LogP contribution in [0.4, 0.5) is 23.4 Å². The molecule has 4 nitrogen and oxygen atoms in total. The molecule has 0 unspecified atom stereocenters. The number of rotatable bonds is 3. The van der Waals surface area contributed by atoms with Crippen molar-refractivity contribution in [3.05, 3.63) is 83.4 Å². The lowest BCUT2D eigenvalue weighted by Crippen LogP contribution is -2.16. The lowest BCUT2D eigenvalue weighted by molar-refractivity contribution is 0.101. The van der Waals surface area contributed by atoms with Crippen LogP contribution < -0.4 is 5.32 Å². The number of benzene rings is 3. The smallest absolute Gasteiger partial charge is 0.262 e. The van der Waals surface area contributed by atoms with Gasteiger partial charge in [-0.25, -0.2) is 17.6 Å². The highest BCUT2D eigenvalue weighted by atomic mass is 19.1. The average Bonchev–Trinajstić information content (AvgIpc) is 3.03. The Morgan fingerprint density at radius 3 is 2.36 bits per heavy atom. The molecule has 4 rings (SSSR count). The van der Waals surface area contributed by atoms with Gasteiger partial charge in [-0.2, -0.15) is 5.10 Å². The predicted octanol–water partition coefficient (Wildman–Crippen LogP) is 5.04. The molecule has 0 saturated heterocycles. The van der Waals surface area contributed by atoms with E-state index in [1.807, 2.05) is 0 Å². The minimum Gasteiger partial charge on any atom is -0.304 e. The second-order valence-electron chi connectivity index (χ2n) is 6.01. The fraction of sp³-hybridized carbons (Fsp3) is 0. The summed E-state index contributed by atoms with van der Waals surface area (Å²) in [4.78, 5) is 12.2. The first-order valence-electron chi connectivity index (χ1n) is 8.13. The Balaban J connectivity index is 1.68. The number of amides is 1. The molecule has 140 valence electrons. The molecule has 0 saturated carbocycles. The van der Waals surface area contributed by atoms with Gasteiger partial charge in [-0.15, -0.1) is 0 Å². The van der Waals surface area contributed by atoms with Crippen LogP contribution in [0.2, 0.25) is 0 Å². The van der Waals surface area contributed by atoms with E-state index in [2.05, 4.69) is 15.5 Å². The summed E-state index contributed by atoms with van der Waals surface area (Å²) in [6.07, 6.45) is 0. The van der Waals surface area contributed by atoms with Crippen molar-refractivity contribution in [2.75, 3.05) is 5.32 Å². The number of aromatic amines is 1. The van der Waals surface area contributed by atoms with E-state index in [4.69, 9.17) is 0 Å². The molecule has 8 heteroatoms. The van der Waals surface area contributed by atoms with Crippen molar-refractivity contribution >= 4 is 22.6 Å². The van der Waals surface area contributed by atoms with E-state index < -0.39 is 34.7 Å². The van der Waals surface area contributed by atoms with Crippen LogP contribution in [-0.2, 0) is 0 Å². The summed E-state index contributed by atoms with van der Waals surface area (Å²) in [6.45, 7) is 0. The van der Waals surface area contributed by atoms with Crippen LogP contribution >= 0.6 is 0 Å². The molecule has 28 heavy (non-hydrogen) atoms. The van der Waals surface area contributed by atoms with E-state index >= 15 is 0 Å². The Kier molecular flexibility index (Phi) is 4.31. The van der Waals surface area contributed by atoms with Crippen LogP contribution in [0.25, 0.3) is 22.0 Å². The molecular weight excluding hydrogens is 374 g/mol. The SMILES string of the molecule is O=C(Nc1n[nH]c2cc(-c3ccc(F)cc3F)ccc12)c1c(F)cccc1F. The number of carbonyl (C=O) groups is 1. The van der Waals surface area contributed by atoms with Crippen molar-refractivity contribution in [1.82, 2.24) is 10.2 Å². The van der Waals surface area contributed by atoms with Gasteiger partial charge in [0, 0.05) is 17.0 Å². The fourth-order valence-electron chi connectivity index (χ4n) is 2.89. The molecule has 0 atom stereocenters. The first kappa shape index (κ1) is 17.7. The van der Waals surface area contributed by atoms with Crippen molar-refractivity contribution in [2.24, 2.45) is 0 Å². The zero-order valence-corrected chi connectivity index (χ0v) is 14.1. The van der Waals surface area contributed by atoms with E-state index in [-0.39, 0.29) is 11.4 Å². The maximum Gasteiger partial charge on any atom is 0.262 e. The maximum atomic E-state index is 14.0. The van der Waals surface area contributed by atoms with E-state index in [9.17, 15) is 22.4 Å². The molecule has 1 heterocycles. The summed E-state index contributed by atoms with van der Waals surface area (Å²) in [7, 11) is 0. The van der Waals surface area contributed by atoms with Crippen molar-refractivity contribution in [1.29, 1.82) is 0 Å². The second-order valence-corrected chi connectivity index (χ2v) is 6.01. The van der Waals surface area contributed by atoms with Gasteiger partial charge in [0.15, 0.2) is 5.82 Å². The van der Waals surface area contributed by atoms with Gasteiger partial charge in [-0.05, 0) is 42.0 Å². The molecule has 0 spiro atoms. The van der Waals surface area contributed by atoms with Crippen LogP contribution in [0.3, 0.4) is 0 Å². The maximum absolute atomic E-state index is 14.0. The molecule has 2 N–H and O–H groups in total. The minimum atomic E-state index is -0.994. The Morgan fingerprint density at radius 2 is 1.64 bits per heavy atom. The summed E-state index contributed by atoms with van der Waals surface area (Å²) < 4.78 is 54.6. The lowest BCUT2D eigenvalue weighted by atomic mass is 10.0. The molecule has 0 aliphatic carbocycles. The number of anilines is 1. The molecule has 0 bridgehead atoms. The van der Waals surface area contributed by atoms with Crippen LogP contribution in [0.1, 0.15) is 10.4 Å². The summed E-state index contributed by atoms with van der Waals surface area (Å²) in [6, 6.07) is 11.0. The number of carbonyl (C=O) groups excluding carboxylic acids is 1. The molecule has 1 amide bonds. The lowest BCUT2D eigenvalue weighted by Gasteiger charge is -2.06. The van der Waals surface area contributed by atoms with Crippen LogP contribution in [0.15, 0.2) is 54.6 Å². The number of fused-ring (bicyclic) bond motifs is 1. The Labute approximate surface area is 155 Å². The van der Waals surface area contributed by atoms with E-state index in [1.54, 1.807) is 18.2 Å². The second kappa shape index (κ2) is 6.80. The third kappa shape index (κ3) is 3.09. The third-order valence-electron chi connectivity index (χ3n) is 4.23. The Hall–Kier alpha value is -3.68. The van der Waals surface area contributed by atoms with Crippen LogP contribution in [0, 0.1) is 23.3 Å². The normalized spacial score (nSPS) is 11.0. The zero-order chi connectivity index (χ0) is 19.8. The molecular formula is C20H11F4N3O. The summed E-state index contributed by atoms with van der Waals surface area (Å²) in [5.41, 5.74) is 0.387. The van der Waals surface area contributed by atoms with Crippen molar-refractivity contribution in [3.63, 3.8) is 0 Å². The Bertz CT molecular complexity index is 1200. The number of nitrogens with one attached hydrogen (secondary N) is 2. The highest BCUT2D eigenvalue weighted by Gasteiger charge is 2.19. The molecule has 0 radical (unpaired) electrons. The largest absolute Gasteiger partial charge is 0.304 e. The molecule has 0 fully saturated rings. The number of nitrogens with zero attached hydrogens (tertiary/aromatic N) is 1. The molecule has 0 aliphatic heterocycles. The first-order chi connectivity index (χ1) is 13.4. The van der Waals surface area contributed by atoms with Crippen molar-refractivity contribution in [2.45, 2.75) is 0 Å². The van der Waals surface area contributed by atoms with E-state index in [0.29, 0.717) is 16.5 Å². The van der Waals surface area contributed by atoms with Crippen molar-refractivity contribution in [3.8, 4) is 11.1 Å². The van der Waals surface area contributed by atoms with E-state index in [0.717, 1.165) is 30.3 Å². The predicted molar refractivity (Wildman–Crippen MR) is 95.8 cm³/mol. The third-order valence-corrected chi connectivity index (χ3v) is 4.23. The topological polar surface area (TPSA) is 57.8 Å². The van der Waals surface area contributed by atoms with Gasteiger partial charge in [-0.3, -0.25) is 9.89 Å². The summed E-state index contributed by atoms with van der Waals surface area (Å²) >= 11 is 0. The van der Waals surface area contributed by atoms with Gasteiger partial charge in [0.05, 0.1) is 5.52 Å². The molecule has 3 aromatic carbocycles. The van der Waals surface area contributed by atoms with Gasteiger partial charge in [0.1, 0.15) is 28.8 Å². The van der Waals surface area contributed by atoms with Gasteiger partial charge < -0.3 is 5.32 Å². The highest BCUT2D eigenvalue weighted by molar-refractivity contribution is 6.08. The van der Waals surface area contributed by atoms with Gasteiger partial charge >= 0.3 is 0 Å². The summed E-state index contributed by atoms with van der Waals surface area (Å²) in [5, 5.41) is 9.41. The number of hydrogen-bond donors (Lipinski definition) is 2. The van der Waals surface area contributed by atoms with Crippen LogP contribution in [0.5, 0.6) is 0 Å². The van der Waals surface area contributed by atoms with E-state index in [1.165, 1.54) is 6.07 Å². The summed E-state index contributed by atoms with van der Waals surface area (Å²) in [5.74, 6) is -4.32. The van der Waals surface area contributed by atoms with Crippen LogP contribution in [-0.4, -0.2) is 16.1 Å².